The lowest BCUT2D eigenvalue weighted by Gasteiger charge is -2.35. The molecule has 0 aliphatic carbocycles. The third-order valence-corrected chi connectivity index (χ3v) is 4.92. The Labute approximate surface area is 153 Å². The molecule has 1 N–H and O–H groups in total. The van der Waals surface area contributed by atoms with Gasteiger partial charge >= 0.3 is 6.03 Å². The summed E-state index contributed by atoms with van der Waals surface area (Å²) >= 11 is 0. The van der Waals surface area contributed by atoms with Crippen LogP contribution in [0.25, 0.3) is 0 Å². The molecule has 2 aliphatic heterocycles. The first-order valence-corrected chi connectivity index (χ1v) is 9.30. The predicted molar refractivity (Wildman–Crippen MR) is 98.7 cm³/mol. The van der Waals surface area contributed by atoms with Crippen LogP contribution in [0.2, 0.25) is 0 Å². The van der Waals surface area contributed by atoms with Gasteiger partial charge in [-0.25, -0.2) is 4.79 Å². The number of nitrogens with zero attached hydrogens (tertiary/aromatic N) is 3. The van der Waals surface area contributed by atoms with E-state index in [1.807, 2.05) is 23.1 Å². The van der Waals surface area contributed by atoms with Crippen LogP contribution in [0.15, 0.2) is 30.3 Å². The molecule has 0 unspecified atom stereocenters. The second-order valence-corrected chi connectivity index (χ2v) is 6.83. The molecule has 0 spiro atoms. The summed E-state index contributed by atoms with van der Waals surface area (Å²) in [5.41, 5.74) is 0.698. The molecule has 2 fully saturated rings. The normalized spacial score (nSPS) is 18.5. The number of amides is 4. The van der Waals surface area contributed by atoms with Crippen molar-refractivity contribution in [3.05, 3.63) is 30.3 Å². The van der Waals surface area contributed by atoms with Gasteiger partial charge in [-0.15, -0.1) is 0 Å². The molecule has 0 bridgehead atoms. The highest BCUT2D eigenvalue weighted by Gasteiger charge is 2.29. The number of benzene rings is 1. The Balaban J connectivity index is 1.49. The van der Waals surface area contributed by atoms with E-state index < -0.39 is 0 Å². The van der Waals surface area contributed by atoms with Gasteiger partial charge < -0.3 is 20.0 Å². The lowest BCUT2D eigenvalue weighted by atomic mass is 10.2. The minimum Gasteiger partial charge on any atom is -0.341 e. The number of likely N-dealkylation sites (tertiary alicyclic amines) is 1. The Morgan fingerprint density at radius 3 is 2.23 bits per heavy atom. The van der Waals surface area contributed by atoms with Crippen molar-refractivity contribution < 1.29 is 14.4 Å². The van der Waals surface area contributed by atoms with Crippen molar-refractivity contribution in [3.63, 3.8) is 0 Å². The van der Waals surface area contributed by atoms with Crippen molar-refractivity contribution in [1.29, 1.82) is 0 Å². The van der Waals surface area contributed by atoms with E-state index in [2.05, 4.69) is 5.32 Å². The number of carbonyl (C=O) groups excluding carboxylic acids is 3. The summed E-state index contributed by atoms with van der Waals surface area (Å²) in [6.45, 7) is 2.51. The highest BCUT2D eigenvalue weighted by atomic mass is 16.2. The molecule has 140 valence electrons. The fourth-order valence-corrected chi connectivity index (χ4v) is 3.36. The van der Waals surface area contributed by atoms with E-state index in [1.165, 1.54) is 4.90 Å². The molecule has 0 saturated carbocycles. The Hall–Kier alpha value is -2.57. The van der Waals surface area contributed by atoms with E-state index in [-0.39, 0.29) is 30.9 Å². The standard InChI is InChI=1S/C19H26N4O3/c24-17(21-10-6-1-2-7-11-21)14-22-12-13-23(15-18(22)25)19(26)20-16-8-4-3-5-9-16/h3-5,8-9H,1-2,6-7,10-15H2,(H,20,26). The summed E-state index contributed by atoms with van der Waals surface area (Å²) in [6.07, 6.45) is 4.40. The molecule has 2 aliphatic rings. The van der Waals surface area contributed by atoms with Gasteiger partial charge in [0.15, 0.2) is 0 Å². The molecule has 0 aromatic heterocycles. The number of urea groups is 1. The van der Waals surface area contributed by atoms with Gasteiger partial charge in [0.25, 0.3) is 0 Å². The highest BCUT2D eigenvalue weighted by molar-refractivity contribution is 5.94. The van der Waals surface area contributed by atoms with Crippen molar-refractivity contribution in [2.45, 2.75) is 25.7 Å². The van der Waals surface area contributed by atoms with Crippen molar-refractivity contribution in [2.24, 2.45) is 0 Å². The molecule has 2 heterocycles. The van der Waals surface area contributed by atoms with Crippen LogP contribution in [0.4, 0.5) is 10.5 Å². The minimum absolute atomic E-state index is 0.00590. The maximum atomic E-state index is 12.5. The molecule has 0 atom stereocenters. The van der Waals surface area contributed by atoms with Crippen LogP contribution in [-0.2, 0) is 9.59 Å². The second kappa shape index (κ2) is 8.69. The van der Waals surface area contributed by atoms with Crippen molar-refractivity contribution in [2.75, 3.05) is 44.6 Å². The average molecular weight is 358 g/mol. The lowest BCUT2D eigenvalue weighted by Crippen LogP contribution is -2.55. The summed E-state index contributed by atoms with van der Waals surface area (Å²) in [6, 6.07) is 8.87. The third-order valence-electron chi connectivity index (χ3n) is 4.92. The Morgan fingerprint density at radius 1 is 0.885 bits per heavy atom. The maximum absolute atomic E-state index is 12.5. The van der Waals surface area contributed by atoms with Gasteiger partial charge in [-0.2, -0.15) is 0 Å². The predicted octanol–water partition coefficient (Wildman–Crippen LogP) is 1.77. The van der Waals surface area contributed by atoms with Gasteiger partial charge in [0.05, 0.1) is 6.54 Å². The summed E-state index contributed by atoms with van der Waals surface area (Å²) < 4.78 is 0. The van der Waals surface area contributed by atoms with Gasteiger partial charge in [0.2, 0.25) is 11.8 Å². The molecule has 26 heavy (non-hydrogen) atoms. The summed E-state index contributed by atoms with van der Waals surface area (Å²) in [7, 11) is 0. The zero-order valence-corrected chi connectivity index (χ0v) is 15.0. The van der Waals surface area contributed by atoms with Gasteiger partial charge in [-0.1, -0.05) is 31.0 Å². The molecule has 0 radical (unpaired) electrons. The Bertz CT molecular complexity index is 641. The zero-order valence-electron chi connectivity index (χ0n) is 15.0. The maximum Gasteiger partial charge on any atom is 0.322 e. The highest BCUT2D eigenvalue weighted by Crippen LogP contribution is 2.12. The molecular weight excluding hydrogens is 332 g/mol. The first kappa shape index (κ1) is 18.2. The van der Waals surface area contributed by atoms with Crippen molar-refractivity contribution in [3.8, 4) is 0 Å². The first-order chi connectivity index (χ1) is 12.6. The van der Waals surface area contributed by atoms with E-state index in [1.54, 1.807) is 17.0 Å². The number of rotatable bonds is 3. The fourth-order valence-electron chi connectivity index (χ4n) is 3.36. The van der Waals surface area contributed by atoms with Crippen LogP contribution in [0.1, 0.15) is 25.7 Å². The Morgan fingerprint density at radius 2 is 1.58 bits per heavy atom. The van der Waals surface area contributed by atoms with E-state index in [4.69, 9.17) is 0 Å². The zero-order chi connectivity index (χ0) is 18.4. The van der Waals surface area contributed by atoms with Crippen LogP contribution in [0.3, 0.4) is 0 Å². The number of anilines is 1. The first-order valence-electron chi connectivity index (χ1n) is 9.30. The topological polar surface area (TPSA) is 73.0 Å². The van der Waals surface area contributed by atoms with Crippen LogP contribution in [-0.4, -0.2) is 71.8 Å². The fraction of sp³-hybridized carbons (Fsp3) is 0.526. The molecule has 4 amide bonds. The van der Waals surface area contributed by atoms with Crippen molar-refractivity contribution >= 4 is 23.5 Å². The van der Waals surface area contributed by atoms with Crippen LogP contribution >= 0.6 is 0 Å². The van der Waals surface area contributed by atoms with E-state index >= 15 is 0 Å². The van der Waals surface area contributed by atoms with Crippen LogP contribution < -0.4 is 5.32 Å². The minimum atomic E-state index is -0.289. The quantitative estimate of drug-likeness (QED) is 0.895. The molecule has 3 rings (SSSR count). The Kier molecular flexibility index (Phi) is 6.09. The largest absolute Gasteiger partial charge is 0.341 e. The van der Waals surface area contributed by atoms with Crippen LogP contribution in [0, 0.1) is 0 Å². The number of hydrogen-bond acceptors (Lipinski definition) is 3. The summed E-state index contributed by atoms with van der Waals surface area (Å²) in [5, 5.41) is 2.79. The molecule has 1 aromatic carbocycles. The van der Waals surface area contributed by atoms with E-state index in [0.717, 1.165) is 38.8 Å². The van der Waals surface area contributed by atoms with E-state index in [9.17, 15) is 14.4 Å². The SMILES string of the molecule is O=C(CN1CCN(C(=O)Nc2ccccc2)CC1=O)N1CCCCCC1. The molecule has 1 aromatic rings. The third kappa shape index (κ3) is 4.74. The van der Waals surface area contributed by atoms with Crippen molar-refractivity contribution in [1.82, 2.24) is 14.7 Å². The lowest BCUT2D eigenvalue weighted by molar-refractivity contribution is -0.142. The van der Waals surface area contributed by atoms with Gasteiger partial charge in [0.1, 0.15) is 6.54 Å². The molecule has 7 nitrogen and oxygen atoms in total. The number of nitrogens with one attached hydrogen (secondary N) is 1. The number of piperazine rings is 1. The number of hydrogen-bond donors (Lipinski definition) is 1. The summed E-state index contributed by atoms with van der Waals surface area (Å²) in [5.74, 6) is -0.162. The van der Waals surface area contributed by atoms with Gasteiger partial charge in [0, 0.05) is 31.9 Å². The van der Waals surface area contributed by atoms with E-state index in [0.29, 0.717) is 18.8 Å². The molecule has 7 heteroatoms. The number of para-hydroxylation sites is 1. The molecule has 2 saturated heterocycles. The van der Waals surface area contributed by atoms with Gasteiger partial charge in [-0.05, 0) is 25.0 Å². The summed E-state index contributed by atoms with van der Waals surface area (Å²) in [4.78, 5) is 42.1. The van der Waals surface area contributed by atoms with Gasteiger partial charge in [-0.3, -0.25) is 9.59 Å². The van der Waals surface area contributed by atoms with Crippen LogP contribution in [0.5, 0.6) is 0 Å². The molecular formula is C19H26N4O3. The smallest absolute Gasteiger partial charge is 0.322 e. The number of carbonyl (C=O) groups is 3. The average Bonchev–Trinajstić information content (AvgIpc) is 2.93. The second-order valence-electron chi connectivity index (χ2n) is 6.83. The monoisotopic (exact) mass is 358 g/mol.